The number of aryl methyl sites for hydroxylation is 2. The van der Waals surface area contributed by atoms with Gasteiger partial charge in [-0.1, -0.05) is 64.3 Å². The highest BCUT2D eigenvalue weighted by Gasteiger charge is 2.24. The highest BCUT2D eigenvalue weighted by molar-refractivity contribution is 6.43. The summed E-state index contributed by atoms with van der Waals surface area (Å²) in [4.78, 5) is 21.4. The van der Waals surface area contributed by atoms with E-state index in [0.29, 0.717) is 40.4 Å². The number of carbonyl (C=O) groups excluding carboxylic acids is 1. The van der Waals surface area contributed by atoms with Crippen molar-refractivity contribution in [3.63, 3.8) is 0 Å². The molecule has 162 valence electrons. The smallest absolute Gasteiger partial charge is 0.255 e. The summed E-state index contributed by atoms with van der Waals surface area (Å²) < 4.78 is 5.40. The molecule has 0 saturated carbocycles. The summed E-state index contributed by atoms with van der Waals surface area (Å²) in [6.07, 6.45) is 1.65. The van der Waals surface area contributed by atoms with Gasteiger partial charge in [0.15, 0.2) is 0 Å². The van der Waals surface area contributed by atoms with Crippen LogP contribution in [0, 0.1) is 6.92 Å². The van der Waals surface area contributed by atoms with Gasteiger partial charge >= 0.3 is 0 Å². The molecule has 8 heteroatoms. The van der Waals surface area contributed by atoms with Crippen molar-refractivity contribution in [3.05, 3.63) is 69.5 Å². The maximum absolute atomic E-state index is 12.8. The molecule has 0 spiro atoms. The van der Waals surface area contributed by atoms with Crippen molar-refractivity contribution < 1.29 is 9.32 Å². The third kappa shape index (κ3) is 5.26. The van der Waals surface area contributed by atoms with Gasteiger partial charge in [0.1, 0.15) is 0 Å². The Bertz CT molecular complexity index is 1040. The first-order chi connectivity index (χ1) is 15.0. The zero-order valence-electron chi connectivity index (χ0n) is 17.4. The van der Waals surface area contributed by atoms with Gasteiger partial charge in [-0.15, -0.1) is 0 Å². The first-order valence-corrected chi connectivity index (χ1v) is 11.1. The molecule has 0 N–H and O–H groups in total. The predicted molar refractivity (Wildman–Crippen MR) is 122 cm³/mol. The Hall–Kier alpha value is -2.41. The van der Waals surface area contributed by atoms with E-state index in [4.69, 9.17) is 27.7 Å². The van der Waals surface area contributed by atoms with Gasteiger partial charge in [-0.3, -0.25) is 9.69 Å². The highest BCUT2D eigenvalue weighted by atomic mass is 35.5. The first kappa shape index (κ1) is 21.8. The van der Waals surface area contributed by atoms with Crippen molar-refractivity contribution in [2.24, 2.45) is 0 Å². The average Bonchev–Trinajstić information content (AvgIpc) is 3.25. The molecule has 1 fully saturated rings. The molecule has 1 aromatic heterocycles. The number of nitrogens with zero attached hydrogens (tertiary/aromatic N) is 4. The minimum atomic E-state index is -0.0679. The monoisotopic (exact) mass is 458 g/mol. The number of benzene rings is 2. The van der Waals surface area contributed by atoms with Gasteiger partial charge in [-0.25, -0.2) is 0 Å². The zero-order valence-corrected chi connectivity index (χ0v) is 18.9. The van der Waals surface area contributed by atoms with Gasteiger partial charge in [-0.2, -0.15) is 4.98 Å². The first-order valence-electron chi connectivity index (χ1n) is 10.4. The Morgan fingerprint density at radius 1 is 1.06 bits per heavy atom. The van der Waals surface area contributed by atoms with Crippen LogP contribution in [0.25, 0.3) is 11.4 Å². The fourth-order valence-electron chi connectivity index (χ4n) is 3.64. The third-order valence-electron chi connectivity index (χ3n) is 5.48. The van der Waals surface area contributed by atoms with Crippen LogP contribution in [0.4, 0.5) is 0 Å². The predicted octanol–water partition coefficient (Wildman–Crippen LogP) is 4.74. The molecule has 6 nitrogen and oxygen atoms in total. The minimum absolute atomic E-state index is 0.0679. The molecular formula is C23H24Cl2N4O2. The van der Waals surface area contributed by atoms with Gasteiger partial charge in [0.2, 0.25) is 11.7 Å². The summed E-state index contributed by atoms with van der Waals surface area (Å²) in [5.41, 5.74) is 2.62. The van der Waals surface area contributed by atoms with Crippen LogP contribution in [0.3, 0.4) is 0 Å². The summed E-state index contributed by atoms with van der Waals surface area (Å²) >= 11 is 12.2. The summed E-state index contributed by atoms with van der Waals surface area (Å²) in [5, 5.41) is 4.81. The number of aromatic nitrogens is 2. The van der Waals surface area contributed by atoms with E-state index in [1.165, 1.54) is 5.56 Å². The van der Waals surface area contributed by atoms with Gasteiger partial charge in [0, 0.05) is 38.2 Å². The molecule has 2 aromatic carbocycles. The summed E-state index contributed by atoms with van der Waals surface area (Å²) in [6, 6.07) is 13.2. The average molecular weight is 459 g/mol. The van der Waals surface area contributed by atoms with E-state index >= 15 is 0 Å². The number of hydrogen-bond acceptors (Lipinski definition) is 5. The number of halogens is 2. The van der Waals surface area contributed by atoms with E-state index in [0.717, 1.165) is 38.0 Å². The van der Waals surface area contributed by atoms with Crippen molar-refractivity contribution >= 4 is 29.1 Å². The maximum atomic E-state index is 12.8. The number of piperazine rings is 1. The minimum Gasteiger partial charge on any atom is -0.339 e. The Balaban J connectivity index is 1.23. The Kier molecular flexibility index (Phi) is 6.90. The lowest BCUT2D eigenvalue weighted by atomic mass is 10.1. The second-order valence-electron chi connectivity index (χ2n) is 7.72. The molecule has 0 bridgehead atoms. The number of carbonyl (C=O) groups is 1. The van der Waals surface area contributed by atoms with Gasteiger partial charge in [-0.05, 0) is 32.0 Å². The van der Waals surface area contributed by atoms with E-state index in [9.17, 15) is 4.79 Å². The molecule has 2 heterocycles. The molecule has 0 unspecified atom stereocenters. The van der Waals surface area contributed by atoms with Crippen molar-refractivity contribution in [1.82, 2.24) is 19.9 Å². The quantitative estimate of drug-likeness (QED) is 0.533. The molecule has 1 aliphatic heterocycles. The molecule has 3 aromatic rings. The van der Waals surface area contributed by atoms with Crippen LogP contribution < -0.4 is 0 Å². The number of amides is 1. The van der Waals surface area contributed by atoms with E-state index in [-0.39, 0.29) is 5.91 Å². The lowest BCUT2D eigenvalue weighted by molar-refractivity contribution is 0.0635. The maximum Gasteiger partial charge on any atom is 0.255 e. The zero-order chi connectivity index (χ0) is 21.8. The lowest BCUT2D eigenvalue weighted by Gasteiger charge is -2.34. The van der Waals surface area contributed by atoms with Crippen LogP contribution in [-0.2, 0) is 6.42 Å². The Morgan fingerprint density at radius 3 is 2.55 bits per heavy atom. The van der Waals surface area contributed by atoms with E-state index in [2.05, 4.69) is 15.0 Å². The van der Waals surface area contributed by atoms with Crippen molar-refractivity contribution in [2.75, 3.05) is 32.7 Å². The molecular weight excluding hydrogens is 435 g/mol. The highest BCUT2D eigenvalue weighted by Crippen LogP contribution is 2.27. The number of rotatable bonds is 6. The number of hydrogen-bond donors (Lipinski definition) is 0. The van der Waals surface area contributed by atoms with Crippen LogP contribution >= 0.6 is 23.2 Å². The summed E-state index contributed by atoms with van der Waals surface area (Å²) in [5.74, 6) is 1.21. The summed E-state index contributed by atoms with van der Waals surface area (Å²) in [7, 11) is 0. The molecule has 0 atom stereocenters. The van der Waals surface area contributed by atoms with Crippen LogP contribution in [0.15, 0.2) is 47.0 Å². The molecule has 31 heavy (non-hydrogen) atoms. The van der Waals surface area contributed by atoms with Crippen molar-refractivity contribution in [1.29, 1.82) is 0 Å². The SMILES string of the molecule is Cc1ccc(-c2noc(CCCN3CCN(C(=O)c4cccc(Cl)c4Cl)CC3)n2)cc1. The lowest BCUT2D eigenvalue weighted by Crippen LogP contribution is -2.48. The second-order valence-corrected chi connectivity index (χ2v) is 8.50. The van der Waals surface area contributed by atoms with Crippen LogP contribution in [0.5, 0.6) is 0 Å². The third-order valence-corrected chi connectivity index (χ3v) is 6.30. The van der Waals surface area contributed by atoms with E-state index in [1.54, 1.807) is 18.2 Å². The fourth-order valence-corrected chi connectivity index (χ4v) is 4.03. The molecule has 1 aliphatic rings. The topological polar surface area (TPSA) is 62.5 Å². The molecule has 1 amide bonds. The summed E-state index contributed by atoms with van der Waals surface area (Å²) in [6.45, 7) is 5.94. The van der Waals surface area contributed by atoms with Gasteiger partial charge in [0.25, 0.3) is 5.91 Å². The second kappa shape index (κ2) is 9.81. The molecule has 4 rings (SSSR count). The van der Waals surface area contributed by atoms with E-state index < -0.39 is 0 Å². The largest absolute Gasteiger partial charge is 0.339 e. The fraction of sp³-hybridized carbons (Fsp3) is 0.348. The van der Waals surface area contributed by atoms with Crippen molar-refractivity contribution in [2.45, 2.75) is 19.8 Å². The van der Waals surface area contributed by atoms with Crippen LogP contribution in [0.2, 0.25) is 10.0 Å². The van der Waals surface area contributed by atoms with Crippen LogP contribution in [-0.4, -0.2) is 58.6 Å². The van der Waals surface area contributed by atoms with Gasteiger partial charge in [0.05, 0.1) is 15.6 Å². The molecule has 0 radical (unpaired) electrons. The Labute approximate surface area is 191 Å². The molecule has 1 saturated heterocycles. The Morgan fingerprint density at radius 2 is 1.81 bits per heavy atom. The normalized spacial score (nSPS) is 14.7. The van der Waals surface area contributed by atoms with Crippen LogP contribution in [0.1, 0.15) is 28.2 Å². The van der Waals surface area contributed by atoms with Crippen molar-refractivity contribution in [3.8, 4) is 11.4 Å². The molecule has 0 aliphatic carbocycles. The van der Waals surface area contributed by atoms with Gasteiger partial charge < -0.3 is 9.42 Å². The van der Waals surface area contributed by atoms with E-state index in [1.807, 2.05) is 36.1 Å². The standard InChI is InChI=1S/C23H24Cl2N4O2/c1-16-7-9-17(10-8-16)22-26-20(31-27-22)6-3-11-28-12-14-29(15-13-28)23(30)18-4-2-5-19(24)21(18)25/h2,4-5,7-10H,3,6,11-15H2,1H3.